The third-order valence-corrected chi connectivity index (χ3v) is 6.04. The molecule has 0 unspecified atom stereocenters. The van der Waals surface area contributed by atoms with Crippen LogP contribution < -0.4 is 14.8 Å². The first-order valence-electron chi connectivity index (χ1n) is 8.51. The quantitative estimate of drug-likeness (QED) is 0.521. The third-order valence-electron chi connectivity index (χ3n) is 3.87. The molecule has 10 heteroatoms. The molecule has 3 rings (SSSR count). The van der Waals surface area contributed by atoms with E-state index in [4.69, 9.17) is 32.7 Å². The van der Waals surface area contributed by atoms with Gasteiger partial charge in [0.05, 0.1) is 12.0 Å². The summed E-state index contributed by atoms with van der Waals surface area (Å²) in [6, 6.07) is 8.66. The monoisotopic (exact) mass is 528 g/mol. The molecule has 0 atom stereocenters. The molecule has 2 aromatic rings. The zero-order chi connectivity index (χ0) is 21.8. The Bertz CT molecular complexity index is 1090. The van der Waals surface area contributed by atoms with Crippen molar-refractivity contribution in [2.24, 2.45) is 4.99 Å². The van der Waals surface area contributed by atoms with Crippen LogP contribution in [0.25, 0.3) is 6.08 Å². The molecule has 0 fully saturated rings. The Morgan fingerprint density at radius 1 is 1.27 bits per heavy atom. The maximum Gasteiger partial charge on any atom is 0.286 e. The predicted molar refractivity (Wildman–Crippen MR) is 123 cm³/mol. The van der Waals surface area contributed by atoms with Crippen molar-refractivity contribution in [3.8, 4) is 11.5 Å². The van der Waals surface area contributed by atoms with Gasteiger partial charge in [0.1, 0.15) is 6.61 Å². The lowest BCUT2D eigenvalue weighted by atomic mass is 10.1. The lowest BCUT2D eigenvalue weighted by Gasteiger charge is -2.14. The van der Waals surface area contributed by atoms with Crippen LogP contribution in [0.15, 0.2) is 44.7 Å². The standard InChI is InChI=1S/C20H15BrCl2N2O4S/c1-10(26)24-20-25-19(27)18(30-20)6-12-5-16(28-2)17(8-14(12)21)29-9-11-3-4-13(22)7-15(11)23/h3-8H,9H2,1-2H3,(H,24,25,26,27)/b18-6-. The van der Waals surface area contributed by atoms with Crippen LogP contribution in [0.2, 0.25) is 10.0 Å². The average molecular weight is 530 g/mol. The number of carbonyl (C=O) groups is 2. The number of methoxy groups -OCH3 is 1. The molecular formula is C20H15BrCl2N2O4S. The number of nitrogens with zero attached hydrogens (tertiary/aromatic N) is 1. The molecule has 1 aliphatic rings. The Balaban J connectivity index is 1.80. The Morgan fingerprint density at radius 2 is 2.03 bits per heavy atom. The van der Waals surface area contributed by atoms with Crippen molar-refractivity contribution in [1.29, 1.82) is 0 Å². The van der Waals surface area contributed by atoms with Crippen molar-refractivity contribution in [3.63, 3.8) is 0 Å². The van der Waals surface area contributed by atoms with Crippen LogP contribution >= 0.6 is 50.9 Å². The van der Waals surface area contributed by atoms with E-state index >= 15 is 0 Å². The predicted octanol–water partition coefficient (Wildman–Crippen LogP) is 5.45. The van der Waals surface area contributed by atoms with E-state index in [1.54, 1.807) is 36.4 Å². The van der Waals surface area contributed by atoms with Crippen LogP contribution in [0.1, 0.15) is 18.1 Å². The maximum atomic E-state index is 12.1. The Hall–Kier alpha value is -2.00. The molecule has 156 valence electrons. The van der Waals surface area contributed by atoms with Gasteiger partial charge in [0.15, 0.2) is 16.7 Å². The van der Waals surface area contributed by atoms with E-state index in [0.29, 0.717) is 36.5 Å². The molecule has 0 saturated carbocycles. The Kier molecular flexibility index (Phi) is 7.46. The van der Waals surface area contributed by atoms with E-state index in [1.165, 1.54) is 14.0 Å². The highest BCUT2D eigenvalue weighted by atomic mass is 79.9. The minimum atomic E-state index is -0.424. The van der Waals surface area contributed by atoms with Crippen molar-refractivity contribution in [1.82, 2.24) is 5.32 Å². The van der Waals surface area contributed by atoms with E-state index in [9.17, 15) is 9.59 Å². The van der Waals surface area contributed by atoms with Gasteiger partial charge in [-0.15, -0.1) is 0 Å². The van der Waals surface area contributed by atoms with Crippen molar-refractivity contribution in [2.45, 2.75) is 13.5 Å². The van der Waals surface area contributed by atoms with Gasteiger partial charge < -0.3 is 14.8 Å². The van der Waals surface area contributed by atoms with Crippen LogP contribution in [-0.4, -0.2) is 24.1 Å². The fourth-order valence-electron chi connectivity index (χ4n) is 2.48. The van der Waals surface area contributed by atoms with Gasteiger partial charge in [-0.2, -0.15) is 4.99 Å². The highest BCUT2D eigenvalue weighted by Crippen LogP contribution is 2.37. The van der Waals surface area contributed by atoms with Gasteiger partial charge in [-0.25, -0.2) is 0 Å². The fraction of sp³-hybridized carbons (Fsp3) is 0.150. The number of aliphatic imine (C=N–C) groups is 1. The first-order valence-corrected chi connectivity index (χ1v) is 10.9. The molecule has 0 spiro atoms. The molecule has 1 heterocycles. The zero-order valence-electron chi connectivity index (χ0n) is 15.8. The molecule has 1 N–H and O–H groups in total. The summed E-state index contributed by atoms with van der Waals surface area (Å²) in [4.78, 5) is 27.5. The number of amidine groups is 1. The Morgan fingerprint density at radius 3 is 2.70 bits per heavy atom. The molecule has 0 aliphatic carbocycles. The van der Waals surface area contributed by atoms with Gasteiger partial charge in [0.25, 0.3) is 5.91 Å². The highest BCUT2D eigenvalue weighted by molar-refractivity contribution is 9.10. The number of halogens is 3. The summed E-state index contributed by atoms with van der Waals surface area (Å²) < 4.78 is 12.0. The molecule has 0 aromatic heterocycles. The molecule has 1 aliphatic heterocycles. The third kappa shape index (κ3) is 5.57. The highest BCUT2D eigenvalue weighted by Gasteiger charge is 2.23. The van der Waals surface area contributed by atoms with Gasteiger partial charge in [0, 0.05) is 27.0 Å². The first kappa shape index (κ1) is 22.7. The normalized spacial score (nSPS) is 14.6. The number of thioether (sulfide) groups is 1. The van der Waals surface area contributed by atoms with Crippen LogP contribution in [-0.2, 0) is 16.2 Å². The number of nitrogens with one attached hydrogen (secondary N) is 1. The second kappa shape index (κ2) is 9.87. The van der Waals surface area contributed by atoms with Crippen molar-refractivity contribution >= 4 is 74.0 Å². The molecule has 0 saturated heterocycles. The van der Waals surface area contributed by atoms with Gasteiger partial charge in [-0.3, -0.25) is 9.59 Å². The Labute approximate surface area is 195 Å². The summed E-state index contributed by atoms with van der Waals surface area (Å²) in [6.07, 6.45) is 1.66. The smallest absolute Gasteiger partial charge is 0.286 e. The maximum absolute atomic E-state index is 12.1. The molecule has 2 amide bonds. The topological polar surface area (TPSA) is 77.0 Å². The first-order chi connectivity index (χ1) is 14.3. The van der Waals surface area contributed by atoms with Crippen LogP contribution in [0.5, 0.6) is 11.5 Å². The number of carbonyl (C=O) groups excluding carboxylic acids is 2. The van der Waals surface area contributed by atoms with Crippen LogP contribution in [0.4, 0.5) is 0 Å². The number of ether oxygens (including phenoxy) is 2. The zero-order valence-corrected chi connectivity index (χ0v) is 19.7. The second-order valence-corrected chi connectivity index (χ2v) is 8.79. The molecule has 30 heavy (non-hydrogen) atoms. The van der Waals surface area contributed by atoms with Crippen molar-refractivity contribution < 1.29 is 19.1 Å². The molecule has 0 bridgehead atoms. The average Bonchev–Trinajstić information content (AvgIpc) is 3.00. The van der Waals surface area contributed by atoms with Gasteiger partial charge >= 0.3 is 0 Å². The summed E-state index contributed by atoms with van der Waals surface area (Å²) in [7, 11) is 1.52. The number of benzene rings is 2. The number of rotatable bonds is 5. The number of hydrogen-bond donors (Lipinski definition) is 1. The second-order valence-electron chi connectivity index (χ2n) is 6.06. The van der Waals surface area contributed by atoms with E-state index < -0.39 is 5.91 Å². The largest absolute Gasteiger partial charge is 0.493 e. The van der Waals surface area contributed by atoms with Crippen LogP contribution in [0.3, 0.4) is 0 Å². The van der Waals surface area contributed by atoms with E-state index in [2.05, 4.69) is 26.2 Å². The summed E-state index contributed by atoms with van der Waals surface area (Å²) >= 11 is 16.7. The molecule has 6 nitrogen and oxygen atoms in total. The van der Waals surface area contributed by atoms with Gasteiger partial charge in [0.2, 0.25) is 5.91 Å². The number of hydrogen-bond acceptors (Lipinski definition) is 5. The van der Waals surface area contributed by atoms with Gasteiger partial charge in [-0.05, 0) is 47.7 Å². The van der Waals surface area contributed by atoms with Crippen molar-refractivity contribution in [3.05, 3.63) is 60.9 Å². The minimum absolute atomic E-state index is 0.224. The van der Waals surface area contributed by atoms with E-state index in [-0.39, 0.29) is 17.7 Å². The van der Waals surface area contributed by atoms with Gasteiger partial charge in [-0.1, -0.05) is 45.2 Å². The molecule has 0 radical (unpaired) electrons. The summed E-state index contributed by atoms with van der Waals surface area (Å²) in [5.74, 6) is 0.263. The summed E-state index contributed by atoms with van der Waals surface area (Å²) in [5, 5.41) is 3.82. The summed E-state index contributed by atoms with van der Waals surface area (Å²) in [5.41, 5.74) is 1.47. The summed E-state index contributed by atoms with van der Waals surface area (Å²) in [6.45, 7) is 1.58. The van der Waals surface area contributed by atoms with E-state index in [0.717, 1.165) is 17.3 Å². The molecule has 2 aromatic carbocycles. The SMILES string of the molecule is COc1cc(/C=C2\SC(NC(C)=O)=NC2=O)c(Br)cc1OCc1ccc(Cl)cc1Cl. The number of amides is 2. The fourth-order valence-corrected chi connectivity index (χ4v) is 4.23. The van der Waals surface area contributed by atoms with Crippen molar-refractivity contribution in [2.75, 3.05) is 7.11 Å². The lowest BCUT2D eigenvalue weighted by molar-refractivity contribution is -0.117. The lowest BCUT2D eigenvalue weighted by Crippen LogP contribution is -2.23. The van der Waals surface area contributed by atoms with E-state index in [1.807, 2.05) is 0 Å². The minimum Gasteiger partial charge on any atom is -0.493 e. The molecular weight excluding hydrogens is 515 g/mol. The van der Waals surface area contributed by atoms with Crippen LogP contribution in [0, 0.1) is 0 Å².